The number of benzene rings is 2. The number of nitrogens with zero attached hydrogens (tertiary/aromatic N) is 4. The van der Waals surface area contributed by atoms with Crippen LogP contribution in [0.25, 0.3) is 10.8 Å². The molecule has 1 aromatic heterocycles. The Morgan fingerprint density at radius 3 is 2.35 bits per heavy atom. The first-order valence-electron chi connectivity index (χ1n) is 11.0. The zero-order valence-electron chi connectivity index (χ0n) is 17.4. The van der Waals surface area contributed by atoms with Gasteiger partial charge in [-0.25, -0.2) is 0 Å². The number of amides is 1. The molecule has 160 valence electrons. The number of piperazine rings is 1. The van der Waals surface area contributed by atoms with Crippen molar-refractivity contribution in [3.8, 4) is 0 Å². The molecule has 0 unspecified atom stereocenters. The Hall–Kier alpha value is -2.86. The Kier molecular flexibility index (Phi) is 5.64. The van der Waals surface area contributed by atoms with Gasteiger partial charge in [-0.2, -0.15) is 0 Å². The molecule has 5 rings (SSSR count). The Balaban J connectivity index is 1.37. The van der Waals surface area contributed by atoms with E-state index in [4.69, 9.17) is 11.6 Å². The average molecular weight is 436 g/mol. The average Bonchev–Trinajstić information content (AvgIpc) is 3.31. The molecule has 1 aliphatic carbocycles. The fourth-order valence-corrected chi connectivity index (χ4v) is 4.85. The van der Waals surface area contributed by atoms with Crippen molar-refractivity contribution in [3.05, 3.63) is 59.2 Å². The van der Waals surface area contributed by atoms with Crippen LogP contribution in [-0.2, 0) is 0 Å². The second-order valence-electron chi connectivity index (χ2n) is 8.33. The van der Waals surface area contributed by atoms with Crippen LogP contribution in [0.4, 0.5) is 11.5 Å². The van der Waals surface area contributed by atoms with Gasteiger partial charge in [0.05, 0.1) is 0 Å². The molecule has 31 heavy (non-hydrogen) atoms. The molecule has 2 fully saturated rings. The highest BCUT2D eigenvalue weighted by molar-refractivity contribution is 6.30. The molecule has 6 nitrogen and oxygen atoms in total. The standard InChI is InChI=1S/C24H26ClN5O/c25-17-6-5-9-19(16-17)29-12-14-30(15-13-29)23-21-11-4-3-10-20(21)22(27-28-23)24(31)26-18-7-1-2-8-18/h3-6,9-11,16,18H,1-2,7-8,12-15H2,(H,26,31). The summed E-state index contributed by atoms with van der Waals surface area (Å²) < 4.78 is 0. The maximum atomic E-state index is 12.9. The van der Waals surface area contributed by atoms with E-state index in [2.05, 4.69) is 31.4 Å². The summed E-state index contributed by atoms with van der Waals surface area (Å²) >= 11 is 6.16. The number of hydrogen-bond donors (Lipinski definition) is 1. The monoisotopic (exact) mass is 435 g/mol. The molecule has 1 aliphatic heterocycles. The minimum Gasteiger partial charge on any atom is -0.368 e. The molecule has 1 N–H and O–H groups in total. The van der Waals surface area contributed by atoms with Crippen LogP contribution in [0.5, 0.6) is 0 Å². The van der Waals surface area contributed by atoms with Crippen molar-refractivity contribution in [1.29, 1.82) is 0 Å². The van der Waals surface area contributed by atoms with E-state index in [1.807, 2.05) is 42.5 Å². The molecule has 0 radical (unpaired) electrons. The molecular formula is C24H26ClN5O. The van der Waals surface area contributed by atoms with Crippen molar-refractivity contribution in [2.24, 2.45) is 0 Å². The fraction of sp³-hybridized carbons (Fsp3) is 0.375. The van der Waals surface area contributed by atoms with Crippen LogP contribution in [0.15, 0.2) is 48.5 Å². The SMILES string of the molecule is O=C(NC1CCCC1)c1nnc(N2CCN(c3cccc(Cl)c3)CC2)c2ccccc12. The van der Waals surface area contributed by atoms with Gasteiger partial charge in [0, 0.05) is 53.7 Å². The van der Waals surface area contributed by atoms with Crippen LogP contribution in [0.3, 0.4) is 0 Å². The molecule has 3 aromatic rings. The van der Waals surface area contributed by atoms with E-state index in [-0.39, 0.29) is 11.9 Å². The molecule has 1 saturated carbocycles. The summed E-state index contributed by atoms with van der Waals surface area (Å²) in [4.78, 5) is 17.5. The maximum Gasteiger partial charge on any atom is 0.272 e. The highest BCUT2D eigenvalue weighted by Gasteiger charge is 2.24. The second kappa shape index (κ2) is 8.71. The van der Waals surface area contributed by atoms with Gasteiger partial charge < -0.3 is 15.1 Å². The molecule has 2 heterocycles. The van der Waals surface area contributed by atoms with Crippen molar-refractivity contribution < 1.29 is 4.79 Å². The number of anilines is 2. The molecule has 0 bridgehead atoms. The topological polar surface area (TPSA) is 61.4 Å². The Morgan fingerprint density at radius 1 is 0.903 bits per heavy atom. The first-order chi connectivity index (χ1) is 15.2. The zero-order chi connectivity index (χ0) is 21.2. The number of carbonyl (C=O) groups excluding carboxylic acids is 1. The third kappa shape index (κ3) is 4.17. The van der Waals surface area contributed by atoms with Crippen LogP contribution in [-0.4, -0.2) is 48.3 Å². The number of nitrogens with one attached hydrogen (secondary N) is 1. The first kappa shape index (κ1) is 20.1. The third-order valence-electron chi connectivity index (χ3n) is 6.33. The van der Waals surface area contributed by atoms with Crippen molar-refractivity contribution >= 4 is 39.8 Å². The lowest BCUT2D eigenvalue weighted by molar-refractivity contribution is 0.0933. The van der Waals surface area contributed by atoms with Gasteiger partial charge in [0.2, 0.25) is 0 Å². The number of rotatable bonds is 4. The Labute approximate surface area is 187 Å². The minimum atomic E-state index is -0.118. The smallest absolute Gasteiger partial charge is 0.272 e. The van der Waals surface area contributed by atoms with Crippen molar-refractivity contribution in [2.75, 3.05) is 36.0 Å². The van der Waals surface area contributed by atoms with Crippen LogP contribution >= 0.6 is 11.6 Å². The van der Waals surface area contributed by atoms with Gasteiger partial charge in [0.25, 0.3) is 5.91 Å². The molecule has 0 spiro atoms. The lowest BCUT2D eigenvalue weighted by Crippen LogP contribution is -2.47. The molecule has 1 amide bonds. The summed E-state index contributed by atoms with van der Waals surface area (Å²) in [6.07, 6.45) is 4.45. The minimum absolute atomic E-state index is 0.118. The number of carbonyl (C=O) groups is 1. The predicted molar refractivity (Wildman–Crippen MR) is 125 cm³/mol. The normalized spacial score (nSPS) is 17.3. The first-order valence-corrected chi connectivity index (χ1v) is 11.4. The van der Waals surface area contributed by atoms with E-state index in [1.54, 1.807) is 0 Å². The number of hydrogen-bond acceptors (Lipinski definition) is 5. The summed E-state index contributed by atoms with van der Waals surface area (Å²) in [5.41, 5.74) is 1.56. The lowest BCUT2D eigenvalue weighted by atomic mass is 10.1. The Bertz CT molecular complexity index is 1090. The van der Waals surface area contributed by atoms with Gasteiger partial charge in [0.15, 0.2) is 11.5 Å². The highest BCUT2D eigenvalue weighted by atomic mass is 35.5. The summed E-state index contributed by atoms with van der Waals surface area (Å²) in [5, 5.41) is 14.6. The van der Waals surface area contributed by atoms with Crippen molar-refractivity contribution in [1.82, 2.24) is 15.5 Å². The summed E-state index contributed by atoms with van der Waals surface area (Å²) in [7, 11) is 0. The molecule has 0 atom stereocenters. The second-order valence-corrected chi connectivity index (χ2v) is 8.76. The van der Waals surface area contributed by atoms with Gasteiger partial charge in [0.1, 0.15) is 0 Å². The van der Waals surface area contributed by atoms with E-state index in [0.29, 0.717) is 5.69 Å². The molecule has 1 saturated heterocycles. The molecular weight excluding hydrogens is 410 g/mol. The lowest BCUT2D eigenvalue weighted by Gasteiger charge is -2.37. The zero-order valence-corrected chi connectivity index (χ0v) is 18.2. The fourth-order valence-electron chi connectivity index (χ4n) is 4.66. The Morgan fingerprint density at radius 2 is 1.61 bits per heavy atom. The summed E-state index contributed by atoms with van der Waals surface area (Å²) in [6, 6.07) is 16.2. The number of aromatic nitrogens is 2. The van der Waals surface area contributed by atoms with Gasteiger partial charge in [-0.1, -0.05) is 54.8 Å². The quantitative estimate of drug-likeness (QED) is 0.662. The van der Waals surface area contributed by atoms with Gasteiger partial charge in [-0.05, 0) is 31.0 Å². The van der Waals surface area contributed by atoms with E-state index >= 15 is 0 Å². The van der Waals surface area contributed by atoms with Crippen molar-refractivity contribution in [3.63, 3.8) is 0 Å². The van der Waals surface area contributed by atoms with E-state index in [9.17, 15) is 4.79 Å². The molecule has 7 heteroatoms. The van der Waals surface area contributed by atoms with E-state index in [1.165, 1.54) is 12.8 Å². The highest BCUT2D eigenvalue weighted by Crippen LogP contribution is 2.28. The molecule has 2 aromatic carbocycles. The van der Waals surface area contributed by atoms with E-state index in [0.717, 1.165) is 66.3 Å². The van der Waals surface area contributed by atoms with Gasteiger partial charge in [-0.15, -0.1) is 10.2 Å². The van der Waals surface area contributed by atoms with Crippen molar-refractivity contribution in [2.45, 2.75) is 31.7 Å². The number of halogens is 1. The van der Waals surface area contributed by atoms with Gasteiger partial charge >= 0.3 is 0 Å². The van der Waals surface area contributed by atoms with Crippen LogP contribution < -0.4 is 15.1 Å². The maximum absolute atomic E-state index is 12.9. The van der Waals surface area contributed by atoms with Crippen LogP contribution in [0.2, 0.25) is 5.02 Å². The third-order valence-corrected chi connectivity index (χ3v) is 6.56. The van der Waals surface area contributed by atoms with Gasteiger partial charge in [-0.3, -0.25) is 4.79 Å². The van der Waals surface area contributed by atoms with Crippen LogP contribution in [0, 0.1) is 0 Å². The predicted octanol–water partition coefficient (Wildman–Crippen LogP) is 4.28. The van der Waals surface area contributed by atoms with Crippen LogP contribution in [0.1, 0.15) is 36.2 Å². The molecule has 2 aliphatic rings. The number of fused-ring (bicyclic) bond motifs is 1. The largest absolute Gasteiger partial charge is 0.368 e. The summed E-state index contributed by atoms with van der Waals surface area (Å²) in [5.74, 6) is 0.728. The van der Waals surface area contributed by atoms with E-state index < -0.39 is 0 Å². The summed E-state index contributed by atoms with van der Waals surface area (Å²) in [6.45, 7) is 3.41.